The number of ether oxygens (including phenoxy) is 1. The van der Waals surface area contributed by atoms with E-state index in [1.807, 2.05) is 19.3 Å². The lowest BCUT2D eigenvalue weighted by atomic mass is 10.1. The number of nitrogens with one attached hydrogen (secondary N) is 2. The number of halogens is 1. The minimum Gasteiger partial charge on any atom is -0.474 e. The SMILES string of the molecule is CCCN1CCC(NC(=NC)NCc2ccc(OC3CCCC3)nc2)CC1.I. The van der Waals surface area contributed by atoms with Gasteiger partial charge < -0.3 is 20.3 Å². The van der Waals surface area contributed by atoms with E-state index in [9.17, 15) is 0 Å². The number of hydrogen-bond acceptors (Lipinski definition) is 4. The van der Waals surface area contributed by atoms with Crippen LogP contribution in [-0.4, -0.2) is 54.7 Å². The average Bonchev–Trinajstić information content (AvgIpc) is 3.21. The molecule has 28 heavy (non-hydrogen) atoms. The fraction of sp³-hybridized carbons (Fsp3) is 0.714. The number of hydrogen-bond donors (Lipinski definition) is 2. The van der Waals surface area contributed by atoms with Gasteiger partial charge in [0, 0.05) is 45.0 Å². The van der Waals surface area contributed by atoms with E-state index in [1.54, 1.807) is 0 Å². The molecule has 3 rings (SSSR count). The highest BCUT2D eigenvalue weighted by Crippen LogP contribution is 2.22. The Kier molecular flexibility index (Phi) is 10.3. The van der Waals surface area contributed by atoms with Crippen LogP contribution in [-0.2, 0) is 6.54 Å². The maximum atomic E-state index is 5.93. The van der Waals surface area contributed by atoms with Crippen molar-refractivity contribution in [2.45, 2.75) is 70.6 Å². The predicted octanol–water partition coefficient (Wildman–Crippen LogP) is 3.56. The molecule has 1 saturated heterocycles. The molecule has 0 spiro atoms. The van der Waals surface area contributed by atoms with E-state index in [-0.39, 0.29) is 24.0 Å². The summed E-state index contributed by atoms with van der Waals surface area (Å²) in [5.74, 6) is 1.61. The third kappa shape index (κ3) is 7.39. The molecule has 0 radical (unpaired) electrons. The average molecular weight is 501 g/mol. The van der Waals surface area contributed by atoms with Crippen LogP contribution in [0.2, 0.25) is 0 Å². The monoisotopic (exact) mass is 501 g/mol. The molecule has 1 aromatic heterocycles. The number of guanidine groups is 1. The molecule has 1 saturated carbocycles. The van der Waals surface area contributed by atoms with Gasteiger partial charge in [0.15, 0.2) is 5.96 Å². The summed E-state index contributed by atoms with van der Waals surface area (Å²) in [6.07, 6.45) is 10.7. The van der Waals surface area contributed by atoms with Crippen molar-refractivity contribution in [1.29, 1.82) is 0 Å². The highest BCUT2D eigenvalue weighted by atomic mass is 127. The van der Waals surface area contributed by atoms with E-state index < -0.39 is 0 Å². The van der Waals surface area contributed by atoms with Crippen LogP contribution in [0.3, 0.4) is 0 Å². The number of nitrogens with zero attached hydrogens (tertiary/aromatic N) is 3. The number of aliphatic imine (C=N–C) groups is 1. The molecule has 158 valence electrons. The Labute approximate surface area is 186 Å². The summed E-state index contributed by atoms with van der Waals surface area (Å²) in [5, 5.41) is 6.97. The minimum absolute atomic E-state index is 0. The zero-order valence-corrected chi connectivity index (χ0v) is 19.7. The quantitative estimate of drug-likeness (QED) is 0.340. The summed E-state index contributed by atoms with van der Waals surface area (Å²) >= 11 is 0. The molecule has 0 amide bonds. The third-order valence-electron chi connectivity index (χ3n) is 5.54. The van der Waals surface area contributed by atoms with Crippen molar-refractivity contribution < 1.29 is 4.74 Å². The molecule has 0 bridgehead atoms. The number of likely N-dealkylation sites (tertiary alicyclic amines) is 1. The van der Waals surface area contributed by atoms with Gasteiger partial charge in [-0.15, -0.1) is 24.0 Å². The lowest BCUT2D eigenvalue weighted by Crippen LogP contribution is -2.48. The smallest absolute Gasteiger partial charge is 0.213 e. The highest BCUT2D eigenvalue weighted by molar-refractivity contribution is 14.0. The molecule has 2 fully saturated rings. The van der Waals surface area contributed by atoms with Crippen molar-refractivity contribution >= 4 is 29.9 Å². The van der Waals surface area contributed by atoms with Crippen LogP contribution in [0, 0.1) is 0 Å². The van der Waals surface area contributed by atoms with Crippen LogP contribution in [0.1, 0.15) is 57.4 Å². The summed E-state index contributed by atoms with van der Waals surface area (Å²) in [6, 6.07) is 4.57. The number of aromatic nitrogens is 1. The molecule has 0 unspecified atom stereocenters. The summed E-state index contributed by atoms with van der Waals surface area (Å²) in [7, 11) is 1.83. The van der Waals surface area contributed by atoms with Crippen molar-refractivity contribution in [2.24, 2.45) is 4.99 Å². The van der Waals surface area contributed by atoms with E-state index in [2.05, 4.69) is 38.5 Å². The summed E-state index contributed by atoms with van der Waals surface area (Å²) in [5.41, 5.74) is 1.13. The summed E-state index contributed by atoms with van der Waals surface area (Å²) in [4.78, 5) is 11.4. The molecule has 0 aromatic carbocycles. The molecule has 6 nitrogen and oxygen atoms in total. The first kappa shape index (κ1) is 23.2. The lowest BCUT2D eigenvalue weighted by Gasteiger charge is -2.32. The topological polar surface area (TPSA) is 61.8 Å². The number of piperidine rings is 1. The first-order valence-electron chi connectivity index (χ1n) is 10.6. The molecular weight excluding hydrogens is 465 g/mol. The number of rotatable bonds is 7. The van der Waals surface area contributed by atoms with Crippen LogP contribution < -0.4 is 15.4 Å². The lowest BCUT2D eigenvalue weighted by molar-refractivity contribution is 0.201. The second-order valence-electron chi connectivity index (χ2n) is 7.72. The molecule has 1 aliphatic carbocycles. The first-order chi connectivity index (χ1) is 13.3. The standard InChI is InChI=1S/C21H35N5O.HI/c1-3-12-26-13-10-18(11-14-26)25-21(22-2)24-16-17-8-9-20(23-15-17)27-19-6-4-5-7-19;/h8-9,15,18-19H,3-7,10-14,16H2,1-2H3,(H2,22,24,25);1H. The fourth-order valence-electron chi connectivity index (χ4n) is 3.95. The van der Waals surface area contributed by atoms with E-state index in [0.717, 1.165) is 30.2 Å². The van der Waals surface area contributed by atoms with Crippen LogP contribution in [0.4, 0.5) is 0 Å². The van der Waals surface area contributed by atoms with Gasteiger partial charge in [0.05, 0.1) is 0 Å². The van der Waals surface area contributed by atoms with E-state index in [1.165, 1.54) is 51.7 Å². The van der Waals surface area contributed by atoms with Gasteiger partial charge in [-0.1, -0.05) is 13.0 Å². The van der Waals surface area contributed by atoms with Crippen molar-refractivity contribution in [3.8, 4) is 5.88 Å². The van der Waals surface area contributed by atoms with Gasteiger partial charge in [-0.2, -0.15) is 0 Å². The van der Waals surface area contributed by atoms with Gasteiger partial charge in [-0.3, -0.25) is 4.99 Å². The molecule has 1 aliphatic heterocycles. The minimum atomic E-state index is 0. The van der Waals surface area contributed by atoms with Crippen LogP contribution in [0.15, 0.2) is 23.3 Å². The normalized spacial score (nSPS) is 19.3. The molecule has 2 heterocycles. The van der Waals surface area contributed by atoms with Crippen molar-refractivity contribution in [1.82, 2.24) is 20.5 Å². The van der Waals surface area contributed by atoms with Crippen molar-refractivity contribution in [2.75, 3.05) is 26.7 Å². The van der Waals surface area contributed by atoms with Gasteiger partial charge in [0.1, 0.15) is 6.10 Å². The Bertz CT molecular complexity index is 581. The molecule has 1 aromatic rings. The Morgan fingerprint density at radius 3 is 2.57 bits per heavy atom. The van der Waals surface area contributed by atoms with Crippen molar-refractivity contribution in [3.05, 3.63) is 23.9 Å². The second kappa shape index (κ2) is 12.5. The number of pyridine rings is 1. The maximum Gasteiger partial charge on any atom is 0.213 e. The van der Waals surface area contributed by atoms with Gasteiger partial charge in [-0.25, -0.2) is 4.98 Å². The molecule has 7 heteroatoms. The van der Waals surface area contributed by atoms with E-state index in [4.69, 9.17) is 4.74 Å². The molecule has 0 atom stereocenters. The molecule has 2 N–H and O–H groups in total. The second-order valence-corrected chi connectivity index (χ2v) is 7.72. The largest absolute Gasteiger partial charge is 0.474 e. The Morgan fingerprint density at radius 1 is 1.21 bits per heavy atom. The predicted molar refractivity (Wildman–Crippen MR) is 126 cm³/mol. The van der Waals surface area contributed by atoms with Crippen LogP contribution in [0.25, 0.3) is 0 Å². The zero-order chi connectivity index (χ0) is 18.9. The zero-order valence-electron chi connectivity index (χ0n) is 17.3. The van der Waals surface area contributed by atoms with Gasteiger partial charge >= 0.3 is 0 Å². The maximum absolute atomic E-state index is 5.93. The molecular formula is C21H36IN5O. The van der Waals surface area contributed by atoms with Crippen LogP contribution in [0.5, 0.6) is 5.88 Å². The Morgan fingerprint density at radius 2 is 1.96 bits per heavy atom. The fourth-order valence-corrected chi connectivity index (χ4v) is 3.95. The van der Waals surface area contributed by atoms with E-state index in [0.29, 0.717) is 18.7 Å². The van der Waals surface area contributed by atoms with E-state index >= 15 is 0 Å². The summed E-state index contributed by atoms with van der Waals surface area (Å²) < 4.78 is 5.93. The third-order valence-corrected chi connectivity index (χ3v) is 5.54. The van der Waals surface area contributed by atoms with Crippen LogP contribution >= 0.6 is 24.0 Å². The van der Waals surface area contributed by atoms with Gasteiger partial charge in [0.25, 0.3) is 0 Å². The van der Waals surface area contributed by atoms with Gasteiger partial charge in [0.2, 0.25) is 5.88 Å². The van der Waals surface area contributed by atoms with Gasteiger partial charge in [-0.05, 0) is 57.1 Å². The summed E-state index contributed by atoms with van der Waals surface area (Å²) in [6.45, 7) is 6.53. The Balaban J connectivity index is 0.00000280. The Hall–Kier alpha value is -1.09. The first-order valence-corrected chi connectivity index (χ1v) is 10.6. The molecule has 2 aliphatic rings. The van der Waals surface area contributed by atoms with Crippen molar-refractivity contribution in [3.63, 3.8) is 0 Å². The highest BCUT2D eigenvalue weighted by Gasteiger charge is 2.19.